The highest BCUT2D eigenvalue weighted by molar-refractivity contribution is 9.09. The predicted octanol–water partition coefficient (Wildman–Crippen LogP) is 3.61. The van der Waals surface area contributed by atoms with Gasteiger partial charge in [-0.1, -0.05) is 39.7 Å². The Morgan fingerprint density at radius 3 is 2.53 bits per heavy atom. The summed E-state index contributed by atoms with van der Waals surface area (Å²) in [4.78, 5) is 11.3. The van der Waals surface area contributed by atoms with Crippen molar-refractivity contribution < 1.29 is 9.53 Å². The lowest BCUT2D eigenvalue weighted by Crippen LogP contribution is -2.26. The number of nitrogens with one attached hydrogen (secondary N) is 1. The molecule has 0 aliphatic rings. The quantitative estimate of drug-likeness (QED) is 0.379. The molecule has 0 aromatic heterocycles. The van der Waals surface area contributed by atoms with Crippen LogP contribution in [0.1, 0.15) is 36.7 Å². The molecule has 1 rings (SSSR count). The van der Waals surface area contributed by atoms with Crippen molar-refractivity contribution in [3.05, 3.63) is 29.3 Å². The Labute approximate surface area is 125 Å². The third-order valence-corrected chi connectivity index (χ3v) is 3.33. The number of ether oxygens (including phenoxy) is 1. The van der Waals surface area contributed by atoms with Crippen LogP contribution in [0.3, 0.4) is 0 Å². The molecule has 19 heavy (non-hydrogen) atoms. The molecule has 0 spiro atoms. The highest BCUT2D eigenvalue weighted by atomic mass is 79.9. The van der Waals surface area contributed by atoms with Gasteiger partial charge in [-0.2, -0.15) is 0 Å². The normalized spacial score (nSPS) is 12.9. The number of hydrogen-bond donors (Lipinski definition) is 2. The van der Waals surface area contributed by atoms with Gasteiger partial charge in [0.15, 0.2) is 0 Å². The summed E-state index contributed by atoms with van der Waals surface area (Å²) in [7, 11) is 0. The molecule has 4 nitrogen and oxygen atoms in total. The lowest BCUT2D eigenvalue weighted by Gasteiger charge is -2.22. The number of carbonyl (C=O) groups excluding carboxylic acids is 1. The van der Waals surface area contributed by atoms with E-state index in [-0.39, 0.29) is 5.17 Å². The molecule has 1 unspecified atom stereocenters. The van der Waals surface area contributed by atoms with Gasteiger partial charge in [-0.05, 0) is 26.8 Å². The lowest BCUT2D eigenvalue weighted by molar-refractivity contribution is -0.154. The number of esters is 1. The molecule has 104 valence electrons. The average Bonchev–Trinajstić information content (AvgIpc) is 2.25. The summed E-state index contributed by atoms with van der Waals surface area (Å²) < 4.78 is 5.28. The Hall–Kier alpha value is -1.07. The van der Waals surface area contributed by atoms with E-state index >= 15 is 0 Å². The number of rotatable bonds is 3. The summed E-state index contributed by atoms with van der Waals surface area (Å²) in [5, 5.41) is 7.26. The molecule has 0 bridgehead atoms. The van der Waals surface area contributed by atoms with Crippen molar-refractivity contribution in [3.63, 3.8) is 0 Å². The van der Waals surface area contributed by atoms with Crippen molar-refractivity contribution in [1.29, 1.82) is 5.41 Å². The van der Waals surface area contributed by atoms with E-state index in [1.165, 1.54) is 0 Å². The van der Waals surface area contributed by atoms with E-state index in [4.69, 9.17) is 27.5 Å². The largest absolute Gasteiger partial charge is 0.459 e. The summed E-state index contributed by atoms with van der Waals surface area (Å²) in [6.07, 6.45) is 0. The highest BCUT2D eigenvalue weighted by Gasteiger charge is 2.26. The van der Waals surface area contributed by atoms with Crippen LogP contribution in [0.4, 0.5) is 5.69 Å². The zero-order valence-corrected chi connectivity index (χ0v) is 13.3. The van der Waals surface area contributed by atoms with Crippen molar-refractivity contribution in [2.75, 3.05) is 5.73 Å². The molecule has 1 aromatic rings. The van der Waals surface area contributed by atoms with Gasteiger partial charge >= 0.3 is 5.97 Å². The van der Waals surface area contributed by atoms with Crippen LogP contribution in [0.2, 0.25) is 0 Å². The number of para-hydroxylation sites is 1. The number of nitrogens with two attached hydrogens (primary N) is 1. The van der Waals surface area contributed by atoms with Crippen molar-refractivity contribution in [3.8, 4) is 0 Å². The Kier molecular flexibility index (Phi) is 4.98. The van der Waals surface area contributed by atoms with Gasteiger partial charge in [0.25, 0.3) is 0 Å². The summed E-state index contributed by atoms with van der Waals surface area (Å²) in [6, 6.07) is 5.02. The van der Waals surface area contributed by atoms with Gasteiger partial charge in [0.1, 0.15) is 15.6 Å². The van der Waals surface area contributed by atoms with E-state index in [1.54, 1.807) is 39.0 Å². The molecule has 3 N–H and O–H groups in total. The van der Waals surface area contributed by atoms with Crippen molar-refractivity contribution >= 4 is 44.4 Å². The minimum Gasteiger partial charge on any atom is -0.459 e. The Balaban J connectivity index is 3.07. The number of alkyl halides is 1. The summed E-state index contributed by atoms with van der Waals surface area (Å²) in [5.41, 5.74) is 6.58. The van der Waals surface area contributed by atoms with Gasteiger partial charge in [0.2, 0.25) is 0 Å². The van der Waals surface area contributed by atoms with Crippen LogP contribution >= 0.6 is 27.5 Å². The van der Waals surface area contributed by atoms with Crippen LogP contribution < -0.4 is 5.73 Å². The van der Waals surface area contributed by atoms with E-state index in [1.807, 2.05) is 0 Å². The topological polar surface area (TPSA) is 76.2 Å². The van der Waals surface area contributed by atoms with Crippen LogP contribution in [-0.4, -0.2) is 16.7 Å². The fraction of sp³-hybridized carbons (Fsp3) is 0.385. The second kappa shape index (κ2) is 5.92. The van der Waals surface area contributed by atoms with E-state index in [0.717, 1.165) is 0 Å². The van der Waals surface area contributed by atoms with E-state index in [2.05, 4.69) is 15.9 Å². The first kappa shape index (κ1) is 16.0. The van der Waals surface area contributed by atoms with Crippen molar-refractivity contribution in [1.82, 2.24) is 0 Å². The molecule has 0 aliphatic heterocycles. The number of carbonyl (C=O) groups is 1. The number of hydrogen-bond acceptors (Lipinski definition) is 4. The van der Waals surface area contributed by atoms with E-state index in [9.17, 15) is 4.79 Å². The van der Waals surface area contributed by atoms with Gasteiger partial charge < -0.3 is 10.5 Å². The smallest absolute Gasteiger partial charge is 0.324 e. The van der Waals surface area contributed by atoms with Gasteiger partial charge in [0, 0.05) is 16.8 Å². The molecule has 0 aliphatic carbocycles. The standard InChI is InChI=1S/C13H16BrClN2O2/c1-13(2,3)19-12(18)9(14)7-5-4-6-8(10(7)16)11(15)17/h4-6,9,17H,16H2,1-3H3. The summed E-state index contributed by atoms with van der Waals surface area (Å²) in [6.45, 7) is 5.37. The molecule has 1 aromatic carbocycles. The number of benzene rings is 1. The number of nitrogen functional groups attached to an aromatic ring is 1. The SMILES string of the molecule is CC(C)(C)OC(=O)C(Br)c1cccc(C(=N)Cl)c1N. The molecule has 0 amide bonds. The Morgan fingerprint density at radius 1 is 1.47 bits per heavy atom. The van der Waals surface area contributed by atoms with Crippen molar-refractivity contribution in [2.24, 2.45) is 0 Å². The van der Waals surface area contributed by atoms with Crippen LogP contribution in [0.15, 0.2) is 18.2 Å². The fourth-order valence-corrected chi connectivity index (χ4v) is 2.13. The maximum Gasteiger partial charge on any atom is 0.324 e. The molecular weight excluding hydrogens is 332 g/mol. The van der Waals surface area contributed by atoms with Gasteiger partial charge in [-0.25, -0.2) is 0 Å². The van der Waals surface area contributed by atoms with E-state index in [0.29, 0.717) is 16.8 Å². The molecule has 0 radical (unpaired) electrons. The first-order valence-electron chi connectivity index (χ1n) is 5.63. The second-order valence-corrected chi connectivity index (χ2v) is 6.31. The van der Waals surface area contributed by atoms with E-state index < -0.39 is 16.4 Å². The number of halogens is 2. The van der Waals surface area contributed by atoms with Gasteiger partial charge in [0.05, 0.1) is 0 Å². The molecule has 0 fully saturated rings. The van der Waals surface area contributed by atoms with Gasteiger partial charge in [-0.15, -0.1) is 0 Å². The second-order valence-electron chi connectivity index (χ2n) is 5.02. The van der Waals surface area contributed by atoms with Crippen molar-refractivity contribution in [2.45, 2.75) is 31.2 Å². The molecule has 0 heterocycles. The van der Waals surface area contributed by atoms with Crippen LogP contribution in [0.25, 0.3) is 0 Å². The zero-order valence-electron chi connectivity index (χ0n) is 11.0. The van der Waals surface area contributed by atoms with Crippen LogP contribution in [0, 0.1) is 5.41 Å². The summed E-state index contributed by atoms with van der Waals surface area (Å²) in [5.74, 6) is -0.433. The highest BCUT2D eigenvalue weighted by Crippen LogP contribution is 2.32. The number of anilines is 1. The molecular formula is C13H16BrClN2O2. The Morgan fingerprint density at radius 2 is 2.05 bits per heavy atom. The monoisotopic (exact) mass is 346 g/mol. The molecule has 0 saturated carbocycles. The molecule has 0 saturated heterocycles. The first-order valence-corrected chi connectivity index (χ1v) is 6.92. The third kappa shape index (κ3) is 4.21. The van der Waals surface area contributed by atoms with Crippen LogP contribution in [0.5, 0.6) is 0 Å². The minimum absolute atomic E-state index is 0.164. The van der Waals surface area contributed by atoms with Crippen LogP contribution in [-0.2, 0) is 9.53 Å². The molecule has 6 heteroatoms. The Bertz CT molecular complexity index is 512. The fourth-order valence-electron chi connectivity index (χ4n) is 1.48. The zero-order chi connectivity index (χ0) is 14.8. The maximum absolute atomic E-state index is 12.0. The molecule has 1 atom stereocenters. The lowest BCUT2D eigenvalue weighted by atomic mass is 10.0. The third-order valence-electron chi connectivity index (χ3n) is 2.26. The average molecular weight is 348 g/mol. The minimum atomic E-state index is -0.692. The maximum atomic E-state index is 12.0. The summed E-state index contributed by atoms with van der Waals surface area (Å²) >= 11 is 8.91. The predicted molar refractivity (Wildman–Crippen MR) is 81.0 cm³/mol. The first-order chi connectivity index (χ1) is 8.63. The van der Waals surface area contributed by atoms with Gasteiger partial charge in [-0.3, -0.25) is 10.2 Å².